The van der Waals surface area contributed by atoms with Crippen molar-refractivity contribution in [3.63, 3.8) is 0 Å². The lowest BCUT2D eigenvalue weighted by Gasteiger charge is -2.41. The van der Waals surface area contributed by atoms with Crippen molar-refractivity contribution in [3.05, 3.63) is 83.8 Å². The maximum absolute atomic E-state index is 12.9. The highest BCUT2D eigenvalue weighted by Crippen LogP contribution is 2.23. The summed E-state index contributed by atoms with van der Waals surface area (Å²) in [5, 5.41) is 0. The minimum atomic E-state index is -1.20. The maximum atomic E-state index is 12.9. The van der Waals surface area contributed by atoms with Crippen molar-refractivity contribution < 1.29 is 13.4 Å². The highest BCUT2D eigenvalue weighted by molar-refractivity contribution is 7.84. The highest BCUT2D eigenvalue weighted by atomic mass is 32.2. The van der Waals surface area contributed by atoms with Gasteiger partial charge in [0.1, 0.15) is 5.76 Å². The monoisotopic (exact) mass is 422 g/mol. The molecule has 3 aromatic rings. The summed E-state index contributed by atoms with van der Waals surface area (Å²) in [5.41, 5.74) is 2.42. The number of rotatable bonds is 5. The molecule has 156 valence electrons. The Morgan fingerprint density at radius 2 is 1.87 bits per heavy atom. The van der Waals surface area contributed by atoms with Crippen molar-refractivity contribution in [3.8, 4) is 0 Å². The fourth-order valence-corrected chi connectivity index (χ4v) is 4.88. The van der Waals surface area contributed by atoms with Gasteiger partial charge in [0.25, 0.3) is 5.91 Å². The van der Waals surface area contributed by atoms with Gasteiger partial charge in [0.05, 0.1) is 16.6 Å². The van der Waals surface area contributed by atoms with Crippen LogP contribution in [0.25, 0.3) is 0 Å². The van der Waals surface area contributed by atoms with Gasteiger partial charge in [-0.2, -0.15) is 0 Å². The minimum absolute atomic E-state index is 0.109. The van der Waals surface area contributed by atoms with Gasteiger partial charge in [0.2, 0.25) is 0 Å². The third-order valence-electron chi connectivity index (χ3n) is 5.40. The van der Waals surface area contributed by atoms with Crippen molar-refractivity contribution in [1.29, 1.82) is 0 Å². The number of aryl methyl sites for hydroxylation is 1. The predicted octanol–water partition coefficient (Wildman–Crippen LogP) is 4.25. The number of anilines is 1. The molecule has 1 aliphatic heterocycles. The Hall–Kier alpha value is -2.86. The number of hydrogen-bond donors (Lipinski definition) is 0. The van der Waals surface area contributed by atoms with Gasteiger partial charge in [0.15, 0.2) is 5.76 Å². The van der Waals surface area contributed by atoms with E-state index in [4.69, 9.17) is 4.42 Å². The average Bonchev–Trinajstić information content (AvgIpc) is 3.22. The second-order valence-corrected chi connectivity index (χ2v) is 9.15. The van der Waals surface area contributed by atoms with E-state index in [1.165, 1.54) is 11.3 Å². The van der Waals surface area contributed by atoms with Gasteiger partial charge in [0, 0.05) is 36.3 Å². The summed E-state index contributed by atoms with van der Waals surface area (Å²) < 4.78 is 18.2. The molecule has 0 spiro atoms. The predicted molar refractivity (Wildman–Crippen MR) is 119 cm³/mol. The summed E-state index contributed by atoms with van der Waals surface area (Å²) in [4.78, 5) is 17.9. The van der Waals surface area contributed by atoms with Crippen LogP contribution in [0, 0.1) is 6.92 Å². The van der Waals surface area contributed by atoms with Crippen molar-refractivity contribution in [2.24, 2.45) is 0 Å². The van der Waals surface area contributed by atoms with Gasteiger partial charge in [-0.3, -0.25) is 9.00 Å². The zero-order valence-corrected chi connectivity index (χ0v) is 18.1. The second-order valence-electron chi connectivity index (χ2n) is 7.70. The highest BCUT2D eigenvalue weighted by Gasteiger charge is 2.29. The molecule has 4 rings (SSSR count). The van der Waals surface area contributed by atoms with Gasteiger partial charge in [-0.05, 0) is 55.8 Å². The first-order valence-electron chi connectivity index (χ1n) is 10.2. The topological polar surface area (TPSA) is 53.8 Å². The van der Waals surface area contributed by atoms with Crippen LogP contribution < -0.4 is 4.90 Å². The second kappa shape index (κ2) is 8.88. The van der Waals surface area contributed by atoms with Gasteiger partial charge < -0.3 is 14.2 Å². The van der Waals surface area contributed by atoms with Crippen molar-refractivity contribution in [2.45, 2.75) is 30.5 Å². The molecular formula is C24H26N2O3S. The van der Waals surface area contributed by atoms with E-state index in [2.05, 4.69) is 43.0 Å². The molecule has 5 nitrogen and oxygen atoms in total. The molecule has 30 heavy (non-hydrogen) atoms. The number of benzene rings is 2. The quantitative estimate of drug-likeness (QED) is 0.617. The fourth-order valence-electron chi connectivity index (χ4n) is 3.84. The van der Waals surface area contributed by atoms with Crippen LogP contribution in [0.2, 0.25) is 0 Å². The van der Waals surface area contributed by atoms with Crippen LogP contribution in [0.1, 0.15) is 28.8 Å². The number of carbonyl (C=O) groups is 1. The zero-order chi connectivity index (χ0) is 21.1. The lowest BCUT2D eigenvalue weighted by Crippen LogP contribution is -2.53. The largest absolute Gasteiger partial charge is 0.455 e. The van der Waals surface area contributed by atoms with Crippen LogP contribution in [0.5, 0.6) is 0 Å². The molecule has 2 aromatic carbocycles. The first-order valence-corrected chi connectivity index (χ1v) is 11.5. The van der Waals surface area contributed by atoms with E-state index in [0.717, 1.165) is 11.4 Å². The maximum Gasteiger partial charge on any atom is 0.289 e. The van der Waals surface area contributed by atoms with Crippen molar-refractivity contribution in [1.82, 2.24) is 4.90 Å². The molecule has 0 radical (unpaired) electrons. The summed E-state index contributed by atoms with van der Waals surface area (Å²) in [5.74, 6) is 1.02. The summed E-state index contributed by atoms with van der Waals surface area (Å²) in [6.07, 6.45) is 0. The average molecular weight is 423 g/mol. The van der Waals surface area contributed by atoms with E-state index in [0.29, 0.717) is 24.6 Å². The molecular weight excluding hydrogens is 396 g/mol. The molecule has 2 atom stereocenters. The Morgan fingerprint density at radius 3 is 2.60 bits per heavy atom. The Balaban J connectivity index is 1.39. The molecule has 6 heteroatoms. The van der Waals surface area contributed by atoms with E-state index in [9.17, 15) is 9.00 Å². The van der Waals surface area contributed by atoms with Gasteiger partial charge >= 0.3 is 0 Å². The fraction of sp³-hybridized carbons (Fsp3) is 0.292. The zero-order valence-electron chi connectivity index (χ0n) is 17.3. The summed E-state index contributed by atoms with van der Waals surface area (Å²) in [6, 6.07) is 21.4. The lowest BCUT2D eigenvalue weighted by atomic mass is 10.1. The molecule has 0 unspecified atom stereocenters. The molecule has 1 amide bonds. The Labute approximate surface area is 179 Å². The molecule has 1 saturated heterocycles. The third-order valence-corrected chi connectivity index (χ3v) is 6.74. The van der Waals surface area contributed by atoms with Crippen molar-refractivity contribution >= 4 is 22.4 Å². The van der Waals surface area contributed by atoms with Crippen LogP contribution in [0.15, 0.2) is 76.0 Å². The van der Waals surface area contributed by atoms with Crippen molar-refractivity contribution in [2.75, 3.05) is 24.5 Å². The third kappa shape index (κ3) is 4.49. The normalized spacial score (nSPS) is 17.7. The Bertz CT molecular complexity index is 1050. The molecule has 0 saturated carbocycles. The van der Waals surface area contributed by atoms with E-state index in [1.807, 2.05) is 35.2 Å². The smallest absolute Gasteiger partial charge is 0.289 e. The first kappa shape index (κ1) is 20.4. The van der Waals surface area contributed by atoms with Crippen LogP contribution in [-0.2, 0) is 16.6 Å². The van der Waals surface area contributed by atoms with E-state index in [1.54, 1.807) is 12.1 Å². The van der Waals surface area contributed by atoms with Crippen LogP contribution >= 0.6 is 0 Å². The SMILES string of the molecule is Cc1cccc(N2CCN(C(=O)c3ccc(C[S@@](=O)c4ccccc4)o3)C[C@@H]2C)c1. The Morgan fingerprint density at radius 1 is 1.07 bits per heavy atom. The number of amides is 1. The lowest BCUT2D eigenvalue weighted by molar-refractivity contribution is 0.0692. The number of hydrogen-bond acceptors (Lipinski definition) is 4. The van der Waals surface area contributed by atoms with E-state index < -0.39 is 10.8 Å². The first-order chi connectivity index (χ1) is 14.5. The van der Waals surface area contributed by atoms with E-state index >= 15 is 0 Å². The standard InChI is InChI=1S/C24H26N2O3S/c1-18-7-6-8-20(15-18)26-14-13-25(16-19(26)2)24(27)23-12-11-21(29-23)17-30(28)22-9-4-3-5-10-22/h3-12,15,19H,13-14,16-17H2,1-2H3/t19-,30+/m0/s1. The molecule has 0 aliphatic carbocycles. The molecule has 0 bridgehead atoms. The number of nitrogens with zero attached hydrogens (tertiary/aromatic N) is 2. The molecule has 1 aromatic heterocycles. The van der Waals surface area contributed by atoms with Gasteiger partial charge in [-0.25, -0.2) is 0 Å². The molecule has 2 heterocycles. The number of carbonyl (C=O) groups excluding carboxylic acids is 1. The minimum Gasteiger partial charge on any atom is -0.455 e. The molecule has 0 N–H and O–H groups in total. The number of piperazine rings is 1. The summed E-state index contributed by atoms with van der Waals surface area (Å²) in [7, 11) is -1.20. The van der Waals surface area contributed by atoms with Gasteiger partial charge in [-0.1, -0.05) is 30.3 Å². The summed E-state index contributed by atoms with van der Waals surface area (Å²) in [6.45, 7) is 6.29. The van der Waals surface area contributed by atoms with E-state index in [-0.39, 0.29) is 17.7 Å². The van der Waals surface area contributed by atoms with Gasteiger partial charge in [-0.15, -0.1) is 0 Å². The molecule has 1 fully saturated rings. The van der Waals surface area contributed by atoms with Crippen LogP contribution in [-0.4, -0.2) is 40.7 Å². The number of furan rings is 1. The Kier molecular flexibility index (Phi) is 6.04. The summed E-state index contributed by atoms with van der Waals surface area (Å²) >= 11 is 0. The molecule has 1 aliphatic rings. The van der Waals surface area contributed by atoms with Crippen LogP contribution in [0.3, 0.4) is 0 Å². The van der Waals surface area contributed by atoms with Crippen LogP contribution in [0.4, 0.5) is 5.69 Å².